The van der Waals surface area contributed by atoms with E-state index < -0.39 is 0 Å². The third kappa shape index (κ3) is 4.88. The standard InChI is InChI=1S/C20H28ClFN4.HI/c1-23-20(26-10-7-14(13-26)12-25-8-2-3-9-25)24-18-11-15(18)19-16(21)5-4-6-17(19)22;/h4-6,14-15,18H,2-3,7-13H2,1H3,(H,23,24);1H. The van der Waals surface area contributed by atoms with Gasteiger partial charge in [-0.05, 0) is 56.8 Å². The Morgan fingerprint density at radius 3 is 2.78 bits per heavy atom. The number of likely N-dealkylation sites (tertiary alicyclic amines) is 2. The maximum absolute atomic E-state index is 14.1. The molecule has 0 amide bonds. The third-order valence-corrected chi connectivity index (χ3v) is 6.32. The first-order valence-corrected chi connectivity index (χ1v) is 10.2. The summed E-state index contributed by atoms with van der Waals surface area (Å²) in [5, 5.41) is 4.07. The second-order valence-electron chi connectivity index (χ2n) is 7.88. The molecule has 0 spiro atoms. The molecular formula is C20H29ClFIN4. The predicted molar refractivity (Wildman–Crippen MR) is 120 cm³/mol. The van der Waals surface area contributed by atoms with Crippen molar-refractivity contribution in [2.45, 2.75) is 37.6 Å². The highest BCUT2D eigenvalue weighted by molar-refractivity contribution is 14.0. The summed E-state index contributed by atoms with van der Waals surface area (Å²) in [5.41, 5.74) is 0.649. The fraction of sp³-hybridized carbons (Fsp3) is 0.650. The molecule has 1 N–H and O–H groups in total. The summed E-state index contributed by atoms with van der Waals surface area (Å²) >= 11 is 6.21. The van der Waals surface area contributed by atoms with Gasteiger partial charge >= 0.3 is 0 Å². The maximum Gasteiger partial charge on any atom is 0.193 e. The van der Waals surface area contributed by atoms with E-state index in [0.29, 0.717) is 10.6 Å². The molecule has 7 heteroatoms. The molecule has 2 heterocycles. The molecule has 2 saturated heterocycles. The molecule has 4 nitrogen and oxygen atoms in total. The Kier molecular flexibility index (Phi) is 7.25. The zero-order chi connectivity index (χ0) is 18.1. The Morgan fingerprint density at radius 2 is 2.07 bits per heavy atom. The molecule has 1 aromatic carbocycles. The zero-order valence-electron chi connectivity index (χ0n) is 15.8. The number of rotatable bonds is 4. The molecule has 27 heavy (non-hydrogen) atoms. The number of nitrogens with one attached hydrogen (secondary N) is 1. The van der Waals surface area contributed by atoms with Crippen LogP contribution in [0.4, 0.5) is 4.39 Å². The molecule has 0 bridgehead atoms. The van der Waals surface area contributed by atoms with Gasteiger partial charge in [-0.1, -0.05) is 17.7 Å². The Morgan fingerprint density at radius 1 is 1.30 bits per heavy atom. The Bertz CT molecular complexity index is 660. The van der Waals surface area contributed by atoms with E-state index in [4.69, 9.17) is 11.6 Å². The van der Waals surface area contributed by atoms with Crippen molar-refractivity contribution < 1.29 is 4.39 Å². The van der Waals surface area contributed by atoms with Crippen LogP contribution in [-0.4, -0.2) is 61.6 Å². The molecule has 1 aromatic rings. The summed E-state index contributed by atoms with van der Waals surface area (Å²) in [6.07, 6.45) is 4.83. The van der Waals surface area contributed by atoms with Crippen molar-refractivity contribution in [3.63, 3.8) is 0 Å². The van der Waals surface area contributed by atoms with Gasteiger partial charge in [0, 0.05) is 49.2 Å². The minimum atomic E-state index is -0.200. The molecule has 3 atom stereocenters. The number of guanidine groups is 1. The van der Waals surface area contributed by atoms with Crippen molar-refractivity contribution in [1.29, 1.82) is 0 Å². The fourth-order valence-corrected chi connectivity index (χ4v) is 4.81. The van der Waals surface area contributed by atoms with Crippen molar-refractivity contribution in [2.24, 2.45) is 10.9 Å². The first-order valence-electron chi connectivity index (χ1n) is 9.80. The van der Waals surface area contributed by atoms with E-state index in [2.05, 4.69) is 20.1 Å². The van der Waals surface area contributed by atoms with E-state index in [1.54, 1.807) is 12.1 Å². The van der Waals surface area contributed by atoms with E-state index in [1.807, 2.05) is 7.05 Å². The summed E-state index contributed by atoms with van der Waals surface area (Å²) in [6.45, 7) is 5.85. The van der Waals surface area contributed by atoms with Crippen molar-refractivity contribution in [1.82, 2.24) is 15.1 Å². The minimum Gasteiger partial charge on any atom is -0.353 e. The third-order valence-electron chi connectivity index (χ3n) is 5.99. The van der Waals surface area contributed by atoms with E-state index in [9.17, 15) is 4.39 Å². The zero-order valence-corrected chi connectivity index (χ0v) is 18.9. The number of hydrogen-bond donors (Lipinski definition) is 1. The van der Waals surface area contributed by atoms with Gasteiger partial charge < -0.3 is 15.1 Å². The highest BCUT2D eigenvalue weighted by Crippen LogP contribution is 2.45. The van der Waals surface area contributed by atoms with Crippen molar-refractivity contribution in [3.05, 3.63) is 34.6 Å². The van der Waals surface area contributed by atoms with Gasteiger partial charge in [0.2, 0.25) is 0 Å². The molecule has 2 aliphatic heterocycles. The van der Waals surface area contributed by atoms with Gasteiger partial charge in [0.15, 0.2) is 5.96 Å². The fourth-order valence-electron chi connectivity index (χ4n) is 4.51. The van der Waals surface area contributed by atoms with Crippen LogP contribution in [0.3, 0.4) is 0 Å². The number of nitrogens with zero attached hydrogens (tertiary/aromatic N) is 3. The molecule has 0 radical (unpaired) electrons. The summed E-state index contributed by atoms with van der Waals surface area (Å²) in [4.78, 5) is 9.44. The van der Waals surface area contributed by atoms with Crippen LogP contribution >= 0.6 is 35.6 Å². The Balaban J connectivity index is 0.00000210. The topological polar surface area (TPSA) is 30.9 Å². The maximum atomic E-state index is 14.1. The van der Waals surface area contributed by atoms with Crippen molar-refractivity contribution >= 4 is 41.5 Å². The summed E-state index contributed by atoms with van der Waals surface area (Å²) in [6, 6.07) is 5.15. The SMILES string of the molecule is CN=C(NC1CC1c1c(F)cccc1Cl)N1CCC(CN2CCCC2)C1.I. The monoisotopic (exact) mass is 506 g/mol. The van der Waals surface area contributed by atoms with E-state index in [-0.39, 0.29) is 41.8 Å². The van der Waals surface area contributed by atoms with Crippen LogP contribution in [0.1, 0.15) is 37.2 Å². The number of hydrogen-bond acceptors (Lipinski definition) is 2. The van der Waals surface area contributed by atoms with Crippen LogP contribution in [0.25, 0.3) is 0 Å². The molecule has 3 unspecified atom stereocenters. The lowest BCUT2D eigenvalue weighted by Crippen LogP contribution is -2.42. The van der Waals surface area contributed by atoms with E-state index in [1.165, 1.54) is 45.0 Å². The van der Waals surface area contributed by atoms with Crippen molar-refractivity contribution in [3.8, 4) is 0 Å². The quantitative estimate of drug-likeness (QED) is 0.381. The average molecular weight is 507 g/mol. The van der Waals surface area contributed by atoms with Crippen molar-refractivity contribution in [2.75, 3.05) is 39.8 Å². The highest BCUT2D eigenvalue weighted by Gasteiger charge is 2.42. The number of halogens is 3. The molecule has 0 aromatic heterocycles. The summed E-state index contributed by atoms with van der Waals surface area (Å²) in [7, 11) is 1.84. The second kappa shape index (κ2) is 9.27. The van der Waals surface area contributed by atoms with Crippen LogP contribution in [0.5, 0.6) is 0 Å². The number of aliphatic imine (C=N–C) groups is 1. The normalized spacial score (nSPS) is 28.3. The smallest absolute Gasteiger partial charge is 0.193 e. The lowest BCUT2D eigenvalue weighted by molar-refractivity contribution is 0.281. The molecular weight excluding hydrogens is 478 g/mol. The molecule has 3 fully saturated rings. The highest BCUT2D eigenvalue weighted by atomic mass is 127. The van der Waals surface area contributed by atoms with Gasteiger partial charge in [-0.15, -0.1) is 24.0 Å². The van der Waals surface area contributed by atoms with Gasteiger partial charge in [-0.25, -0.2) is 4.39 Å². The van der Waals surface area contributed by atoms with Crippen LogP contribution in [0.2, 0.25) is 5.02 Å². The predicted octanol–water partition coefficient (Wildman–Crippen LogP) is 3.95. The first-order chi connectivity index (χ1) is 12.7. The Labute approximate surface area is 183 Å². The summed E-state index contributed by atoms with van der Waals surface area (Å²) in [5.74, 6) is 1.62. The van der Waals surface area contributed by atoms with Crippen LogP contribution in [0, 0.1) is 11.7 Å². The lowest BCUT2D eigenvalue weighted by atomic mass is 10.1. The first kappa shape index (κ1) is 21.1. The average Bonchev–Trinajstić information content (AvgIpc) is 3.01. The van der Waals surface area contributed by atoms with Crippen LogP contribution in [-0.2, 0) is 0 Å². The molecule has 150 valence electrons. The largest absolute Gasteiger partial charge is 0.353 e. The molecule has 1 saturated carbocycles. The van der Waals surface area contributed by atoms with Crippen LogP contribution < -0.4 is 5.32 Å². The van der Waals surface area contributed by atoms with Gasteiger partial charge in [0.1, 0.15) is 5.82 Å². The van der Waals surface area contributed by atoms with Gasteiger partial charge in [0.25, 0.3) is 0 Å². The lowest BCUT2D eigenvalue weighted by Gasteiger charge is -2.23. The molecule has 4 rings (SSSR count). The number of benzene rings is 1. The van der Waals surface area contributed by atoms with Crippen LogP contribution in [0.15, 0.2) is 23.2 Å². The minimum absolute atomic E-state index is 0. The summed E-state index contributed by atoms with van der Waals surface area (Å²) < 4.78 is 14.1. The van der Waals surface area contributed by atoms with Gasteiger partial charge in [-0.2, -0.15) is 0 Å². The Hall–Kier alpha value is -0.600. The van der Waals surface area contributed by atoms with E-state index in [0.717, 1.165) is 31.4 Å². The molecule has 3 aliphatic rings. The second-order valence-corrected chi connectivity index (χ2v) is 8.29. The van der Waals surface area contributed by atoms with Gasteiger partial charge in [-0.3, -0.25) is 4.99 Å². The van der Waals surface area contributed by atoms with Gasteiger partial charge in [0.05, 0.1) is 0 Å². The molecule has 1 aliphatic carbocycles. The van der Waals surface area contributed by atoms with E-state index >= 15 is 0 Å².